The zero-order valence-corrected chi connectivity index (χ0v) is 22.7. The third kappa shape index (κ3) is 3.82. The number of rotatable bonds is 4. The Labute approximate surface area is 219 Å². The van der Waals surface area contributed by atoms with E-state index in [0.717, 1.165) is 27.9 Å². The minimum Gasteiger partial charge on any atom is -0.437 e. The minimum atomic E-state index is 0. The third-order valence-corrected chi connectivity index (χ3v) is 6.67. The van der Waals surface area contributed by atoms with Crippen molar-refractivity contribution in [1.82, 2.24) is 9.55 Å². The van der Waals surface area contributed by atoms with Crippen molar-refractivity contribution in [3.05, 3.63) is 96.1 Å². The summed E-state index contributed by atoms with van der Waals surface area (Å²) >= 11 is 0. The van der Waals surface area contributed by atoms with E-state index in [9.17, 15) is 0 Å². The zero-order valence-electron chi connectivity index (χ0n) is 20.3. The number of hydrogen-bond donors (Lipinski definition) is 0. The van der Waals surface area contributed by atoms with Gasteiger partial charge in [-0.05, 0) is 45.9 Å². The first-order valence-electron chi connectivity index (χ1n) is 12.0. The first kappa shape index (κ1) is 23.5. The van der Waals surface area contributed by atoms with Gasteiger partial charge in [0.1, 0.15) is 11.1 Å². The summed E-state index contributed by atoms with van der Waals surface area (Å²) in [7, 11) is 0. The van der Waals surface area contributed by atoms with E-state index in [1.54, 1.807) is 0 Å². The van der Waals surface area contributed by atoms with Crippen molar-refractivity contribution in [1.29, 1.82) is 0 Å². The summed E-state index contributed by atoms with van der Waals surface area (Å²) < 4.78 is 8.71. The number of nitrogens with zero attached hydrogens (tertiary/aromatic N) is 2. The molecular formula is C31H27IrN2O-. The molecule has 2 heterocycles. The molecule has 1 radical (unpaired) electrons. The topological polar surface area (TPSA) is 31.0 Å². The average molecular weight is 636 g/mol. The molecule has 0 saturated heterocycles. The van der Waals surface area contributed by atoms with E-state index in [0.29, 0.717) is 17.5 Å². The quantitative estimate of drug-likeness (QED) is 0.182. The predicted octanol–water partition coefficient (Wildman–Crippen LogP) is 8.64. The van der Waals surface area contributed by atoms with Crippen LogP contribution in [0.5, 0.6) is 0 Å². The van der Waals surface area contributed by atoms with Crippen molar-refractivity contribution in [3.8, 4) is 17.1 Å². The Kier molecular flexibility index (Phi) is 6.12. The van der Waals surface area contributed by atoms with Gasteiger partial charge in [0, 0.05) is 31.2 Å². The van der Waals surface area contributed by atoms with Crippen molar-refractivity contribution in [2.45, 2.75) is 39.5 Å². The van der Waals surface area contributed by atoms with Gasteiger partial charge >= 0.3 is 0 Å². The minimum absolute atomic E-state index is 0. The fourth-order valence-electron chi connectivity index (χ4n) is 5.00. The van der Waals surface area contributed by atoms with E-state index in [-0.39, 0.29) is 20.1 Å². The molecule has 0 N–H and O–H groups in total. The van der Waals surface area contributed by atoms with Gasteiger partial charge in [-0.15, -0.1) is 35.9 Å². The van der Waals surface area contributed by atoms with Gasteiger partial charge in [0.05, 0.1) is 5.82 Å². The van der Waals surface area contributed by atoms with Crippen LogP contribution in [0.25, 0.3) is 50.0 Å². The van der Waals surface area contributed by atoms with E-state index >= 15 is 0 Å². The Bertz CT molecular complexity index is 1630. The summed E-state index contributed by atoms with van der Waals surface area (Å²) in [4.78, 5) is 5.05. The molecule has 6 rings (SSSR count). The smallest absolute Gasteiger partial charge is 0.236 e. The maximum atomic E-state index is 6.38. The molecule has 0 fully saturated rings. The molecule has 0 aliphatic carbocycles. The van der Waals surface area contributed by atoms with Crippen molar-refractivity contribution >= 4 is 33.0 Å². The molecule has 35 heavy (non-hydrogen) atoms. The number of benzene rings is 4. The van der Waals surface area contributed by atoms with E-state index in [1.807, 2.05) is 18.2 Å². The van der Waals surface area contributed by atoms with Crippen molar-refractivity contribution in [3.63, 3.8) is 0 Å². The largest absolute Gasteiger partial charge is 0.437 e. The first-order valence-corrected chi connectivity index (χ1v) is 12.0. The monoisotopic (exact) mass is 636 g/mol. The Morgan fingerprint density at radius 2 is 1.46 bits per heavy atom. The van der Waals surface area contributed by atoms with Crippen LogP contribution in [0.2, 0.25) is 0 Å². The molecule has 6 aromatic rings. The van der Waals surface area contributed by atoms with Gasteiger partial charge in [-0.25, -0.2) is 4.98 Å². The average Bonchev–Trinajstić information content (AvgIpc) is 3.38. The molecule has 3 nitrogen and oxygen atoms in total. The molecule has 0 amide bonds. The number of furan rings is 1. The fourth-order valence-corrected chi connectivity index (χ4v) is 5.00. The summed E-state index contributed by atoms with van der Waals surface area (Å²) in [6, 6.07) is 30.9. The van der Waals surface area contributed by atoms with Crippen LogP contribution < -0.4 is 0 Å². The van der Waals surface area contributed by atoms with Crippen molar-refractivity contribution < 1.29 is 24.5 Å². The van der Waals surface area contributed by atoms with Crippen molar-refractivity contribution in [2.75, 3.05) is 0 Å². The summed E-state index contributed by atoms with van der Waals surface area (Å²) in [5.74, 6) is 1.58. The molecule has 177 valence electrons. The molecule has 0 atom stereocenters. The van der Waals surface area contributed by atoms with Gasteiger partial charge in [-0.2, -0.15) is 0 Å². The van der Waals surface area contributed by atoms with Gasteiger partial charge in [0.15, 0.2) is 0 Å². The SMILES string of the molecule is CC(C)c1cccc(C(C)C)c1-n1c(-c2[c-]cccc2)nc2oc3cc4ccccc4cc3c21.[Ir]. The molecule has 0 unspecified atom stereocenters. The second-order valence-corrected chi connectivity index (χ2v) is 9.59. The van der Waals surface area contributed by atoms with Crippen molar-refractivity contribution in [2.24, 2.45) is 0 Å². The van der Waals surface area contributed by atoms with Gasteiger partial charge < -0.3 is 8.98 Å². The summed E-state index contributed by atoms with van der Waals surface area (Å²) in [5, 5.41) is 3.44. The van der Waals surface area contributed by atoms with E-state index in [2.05, 4.69) is 99.0 Å². The summed E-state index contributed by atoms with van der Waals surface area (Å²) in [6.45, 7) is 9.03. The normalized spacial score (nSPS) is 11.7. The van der Waals surface area contributed by atoms with Crippen LogP contribution >= 0.6 is 0 Å². The van der Waals surface area contributed by atoms with Crippen LogP contribution in [0.3, 0.4) is 0 Å². The van der Waals surface area contributed by atoms with Crippen LogP contribution in [0.15, 0.2) is 83.3 Å². The maximum absolute atomic E-state index is 6.38. The standard InChI is InChI=1S/C31H27N2O.Ir/c1-19(2)24-15-10-16-25(20(3)4)28(24)33-29-26-17-22-13-8-9-14-23(22)18-27(26)34-31(29)32-30(33)21-11-6-5-7-12-21;/h5-11,13-20H,1-4H3;/q-1;. The third-order valence-electron chi connectivity index (χ3n) is 6.67. The van der Waals surface area contributed by atoms with Gasteiger partial charge in [0.2, 0.25) is 5.71 Å². The molecule has 0 aliphatic heterocycles. The number of para-hydroxylation sites is 1. The molecule has 0 bridgehead atoms. The van der Waals surface area contributed by atoms with Gasteiger partial charge in [-0.3, -0.25) is 0 Å². The molecular weight excluding hydrogens is 609 g/mol. The van der Waals surface area contributed by atoms with Crippen LogP contribution in [0, 0.1) is 6.07 Å². The molecule has 0 aliphatic rings. The van der Waals surface area contributed by atoms with Crippen LogP contribution in [-0.2, 0) is 20.1 Å². The summed E-state index contributed by atoms with van der Waals surface area (Å²) in [5.41, 5.74) is 7.31. The Morgan fingerprint density at radius 1 is 0.800 bits per heavy atom. The number of aromatic nitrogens is 2. The molecule has 2 aromatic heterocycles. The van der Waals surface area contributed by atoms with Crippen LogP contribution in [-0.4, -0.2) is 9.55 Å². The van der Waals surface area contributed by atoms with Crippen LogP contribution in [0.1, 0.15) is 50.7 Å². The summed E-state index contributed by atoms with van der Waals surface area (Å²) in [6.07, 6.45) is 0. The Morgan fingerprint density at radius 3 is 2.09 bits per heavy atom. The van der Waals surface area contributed by atoms with E-state index in [4.69, 9.17) is 9.40 Å². The van der Waals surface area contributed by atoms with Crippen LogP contribution in [0.4, 0.5) is 0 Å². The van der Waals surface area contributed by atoms with E-state index < -0.39 is 0 Å². The fraction of sp³-hybridized carbons (Fsp3) is 0.194. The second-order valence-electron chi connectivity index (χ2n) is 9.59. The number of imidazole rings is 1. The van der Waals surface area contributed by atoms with Gasteiger partial charge in [-0.1, -0.05) is 70.2 Å². The molecule has 0 spiro atoms. The molecule has 4 heteroatoms. The Hall–Kier alpha value is -3.20. The second kappa shape index (κ2) is 9.11. The predicted molar refractivity (Wildman–Crippen MR) is 141 cm³/mol. The zero-order chi connectivity index (χ0) is 23.4. The maximum Gasteiger partial charge on any atom is 0.236 e. The molecule has 0 saturated carbocycles. The Balaban J connectivity index is 0.00000253. The first-order chi connectivity index (χ1) is 16.5. The number of hydrogen-bond acceptors (Lipinski definition) is 2. The van der Waals surface area contributed by atoms with Gasteiger partial charge in [0.25, 0.3) is 0 Å². The number of fused-ring (bicyclic) bond motifs is 4. The molecule has 4 aromatic carbocycles. The van der Waals surface area contributed by atoms with E-state index in [1.165, 1.54) is 27.6 Å².